The molecule has 8 rings (SSSR count). The highest BCUT2D eigenvalue weighted by Gasteiger charge is 2.44. The number of aromatic nitrogens is 2. The normalized spacial score (nSPS) is 18.7. The Hall–Kier alpha value is -5.71. The van der Waals surface area contributed by atoms with Crippen LogP contribution in [0.2, 0.25) is 0 Å². The SMILES string of the molecule is CCOC(=O)C1=C2CN(C)C(=O)CN2C(c2nc(COC(=O)CN3CC4=C(C(=O)OCC)[C@H](c5ccc(F)cc5Br)N=C(c5nccs5)N4CC3=O)cs2)=NC1c1ccc(F)cc1Br. The Morgan fingerprint density at radius 3 is 1.88 bits per heavy atom. The van der Waals surface area contributed by atoms with Crippen molar-refractivity contribution in [3.05, 3.63) is 123 Å². The highest BCUT2D eigenvalue weighted by atomic mass is 79.9. The number of thiazole rings is 2. The van der Waals surface area contributed by atoms with E-state index in [0.717, 1.165) is 0 Å². The molecule has 6 heterocycles. The van der Waals surface area contributed by atoms with Crippen LogP contribution in [0.25, 0.3) is 0 Å². The number of amidine groups is 2. The molecule has 4 aliphatic rings. The molecule has 332 valence electrons. The van der Waals surface area contributed by atoms with Gasteiger partial charge in [-0.15, -0.1) is 22.7 Å². The molecule has 0 aliphatic carbocycles. The van der Waals surface area contributed by atoms with Crippen LogP contribution in [0.15, 0.2) is 94.8 Å². The van der Waals surface area contributed by atoms with Crippen LogP contribution in [0, 0.1) is 11.6 Å². The summed E-state index contributed by atoms with van der Waals surface area (Å²) in [6.07, 6.45) is 1.59. The van der Waals surface area contributed by atoms with Gasteiger partial charge in [0.25, 0.3) is 0 Å². The lowest BCUT2D eigenvalue weighted by Gasteiger charge is -2.41. The average Bonchev–Trinajstić information content (AvgIpc) is 3.97. The first-order valence-electron chi connectivity index (χ1n) is 19.7. The van der Waals surface area contributed by atoms with Gasteiger partial charge in [-0.2, -0.15) is 0 Å². The van der Waals surface area contributed by atoms with E-state index in [2.05, 4.69) is 36.8 Å². The van der Waals surface area contributed by atoms with E-state index in [1.54, 1.807) is 47.7 Å². The summed E-state index contributed by atoms with van der Waals surface area (Å²) >= 11 is 9.31. The Morgan fingerprint density at radius 2 is 1.33 bits per heavy atom. The van der Waals surface area contributed by atoms with Crippen LogP contribution in [-0.4, -0.2) is 124 Å². The number of halogens is 4. The van der Waals surface area contributed by atoms with Crippen LogP contribution < -0.4 is 0 Å². The molecule has 0 radical (unpaired) electrons. The van der Waals surface area contributed by atoms with E-state index in [-0.39, 0.29) is 68.9 Å². The van der Waals surface area contributed by atoms with E-state index in [1.165, 1.54) is 68.9 Å². The number of carbonyl (C=O) groups excluding carboxylic acids is 5. The lowest BCUT2D eigenvalue weighted by Crippen LogP contribution is -2.54. The fourth-order valence-corrected chi connectivity index (χ4v) is 10.1. The minimum Gasteiger partial charge on any atom is -0.463 e. The number of rotatable bonds is 12. The van der Waals surface area contributed by atoms with Gasteiger partial charge in [0.05, 0.1) is 54.5 Å². The summed E-state index contributed by atoms with van der Waals surface area (Å²) in [6.45, 7) is 2.13. The smallest absolute Gasteiger partial charge is 0.338 e. The molecule has 2 atom stereocenters. The number of hydrogen-bond donors (Lipinski definition) is 0. The minimum atomic E-state index is -0.978. The predicted octanol–water partition coefficient (Wildman–Crippen LogP) is 5.70. The van der Waals surface area contributed by atoms with E-state index in [4.69, 9.17) is 29.2 Å². The van der Waals surface area contributed by atoms with Crippen LogP contribution in [0.4, 0.5) is 8.78 Å². The molecule has 64 heavy (non-hydrogen) atoms. The van der Waals surface area contributed by atoms with E-state index >= 15 is 0 Å². The second kappa shape index (κ2) is 18.8. The number of piperazine rings is 2. The van der Waals surface area contributed by atoms with E-state index < -0.39 is 54.1 Å². The van der Waals surface area contributed by atoms with Crippen molar-refractivity contribution in [1.29, 1.82) is 0 Å². The zero-order valence-corrected chi connectivity index (χ0v) is 39.0. The molecule has 2 aromatic heterocycles. The van der Waals surface area contributed by atoms with Gasteiger partial charge in [-0.1, -0.05) is 44.0 Å². The number of benzene rings is 2. The number of hydrogen-bond acceptors (Lipinski definition) is 16. The van der Waals surface area contributed by atoms with Crippen LogP contribution in [-0.2, 0) is 44.8 Å². The molecule has 2 aromatic carbocycles. The highest BCUT2D eigenvalue weighted by Crippen LogP contribution is 2.42. The van der Waals surface area contributed by atoms with Crippen molar-refractivity contribution in [2.75, 3.05) is 53.0 Å². The molecule has 0 bridgehead atoms. The van der Waals surface area contributed by atoms with Gasteiger partial charge in [-0.25, -0.2) is 28.3 Å². The summed E-state index contributed by atoms with van der Waals surface area (Å²) in [5.41, 5.74) is 2.44. The maximum atomic E-state index is 14.2. The number of esters is 3. The second-order valence-corrected chi connectivity index (χ2v) is 18.0. The van der Waals surface area contributed by atoms with Crippen molar-refractivity contribution >= 4 is 95.9 Å². The van der Waals surface area contributed by atoms with Gasteiger partial charge in [0, 0.05) is 33.0 Å². The number of carbonyl (C=O) groups is 5. The minimum absolute atomic E-state index is 0.0449. The quantitative estimate of drug-likeness (QED) is 0.125. The van der Waals surface area contributed by atoms with Crippen molar-refractivity contribution < 1.29 is 47.0 Å². The molecule has 4 aromatic rings. The third kappa shape index (κ3) is 8.87. The summed E-state index contributed by atoms with van der Waals surface area (Å²) < 4.78 is 45.8. The topological polar surface area (TPSA) is 176 Å². The fraction of sp³-hybridized carbons (Fsp3) is 0.310. The molecule has 0 N–H and O–H groups in total. The van der Waals surface area contributed by atoms with Gasteiger partial charge in [0.1, 0.15) is 50.0 Å². The van der Waals surface area contributed by atoms with Crippen LogP contribution in [0.3, 0.4) is 0 Å². The van der Waals surface area contributed by atoms with E-state index in [1.807, 2.05) is 0 Å². The summed E-state index contributed by atoms with van der Waals surface area (Å²) in [4.78, 5) is 92.5. The maximum absolute atomic E-state index is 14.2. The molecule has 4 aliphatic heterocycles. The third-order valence-electron chi connectivity index (χ3n) is 10.5. The number of amides is 2. The first kappa shape index (κ1) is 44.9. The molecule has 2 fully saturated rings. The molecular weight excluding hydrogens is 1010 g/mol. The summed E-state index contributed by atoms with van der Waals surface area (Å²) in [6, 6.07) is 6.16. The van der Waals surface area contributed by atoms with Crippen molar-refractivity contribution in [3.8, 4) is 0 Å². The summed E-state index contributed by atoms with van der Waals surface area (Å²) in [5, 5.41) is 4.25. The zero-order valence-electron chi connectivity index (χ0n) is 34.2. The fourth-order valence-electron chi connectivity index (χ4n) is 7.55. The largest absolute Gasteiger partial charge is 0.463 e. The van der Waals surface area contributed by atoms with Gasteiger partial charge in [-0.05, 0) is 49.2 Å². The van der Waals surface area contributed by atoms with Gasteiger partial charge in [0.15, 0.2) is 21.7 Å². The van der Waals surface area contributed by atoms with Crippen LogP contribution in [0.5, 0.6) is 0 Å². The Morgan fingerprint density at radius 1 is 0.766 bits per heavy atom. The average molecular weight is 1040 g/mol. The maximum Gasteiger partial charge on any atom is 0.338 e. The second-order valence-electron chi connectivity index (χ2n) is 14.5. The molecule has 16 nitrogen and oxygen atoms in total. The summed E-state index contributed by atoms with van der Waals surface area (Å²) in [5.74, 6) is -3.16. The van der Waals surface area contributed by atoms with Crippen molar-refractivity contribution in [2.24, 2.45) is 9.98 Å². The lowest BCUT2D eigenvalue weighted by atomic mass is 9.93. The van der Waals surface area contributed by atoms with E-state index in [9.17, 15) is 32.8 Å². The molecule has 1 unspecified atom stereocenters. The number of likely N-dealkylation sites (N-methyl/N-ethyl adjacent to an activating group) is 1. The summed E-state index contributed by atoms with van der Waals surface area (Å²) in [7, 11) is 1.62. The standard InChI is InChI=1S/C42H36Br2F2N8O8S2/c1-4-60-41(58)33-28-14-51(3)30(55)16-53(28)38(50-35(33)24-8-6-21(45)12-26(24)43)40-48-23(20-64-40)19-62-32(57)18-52-15-29-34(42(59)61-5-2)36(25-9-7-22(46)13-27(25)44)49-37(39-47-10-11-63-39)54(29)17-31(52)56/h6-13,20,35-36H,4-5,14-19H2,1-3H3/t35?,36-/m0/s1. The predicted molar refractivity (Wildman–Crippen MR) is 236 cm³/mol. The van der Waals surface area contributed by atoms with Crippen molar-refractivity contribution in [1.82, 2.24) is 29.6 Å². The Labute approximate surface area is 389 Å². The van der Waals surface area contributed by atoms with Gasteiger partial charge in [0.2, 0.25) is 11.8 Å². The number of nitrogens with zero attached hydrogens (tertiary/aromatic N) is 8. The number of aliphatic imine (C=N–C) groups is 2. The Bertz CT molecular complexity index is 2710. The molecule has 0 spiro atoms. The van der Waals surface area contributed by atoms with Gasteiger partial charge in [-0.3, -0.25) is 24.4 Å². The number of ether oxygens (including phenoxy) is 3. The first-order chi connectivity index (χ1) is 30.8. The zero-order chi connectivity index (χ0) is 45.4. The first-order valence-corrected chi connectivity index (χ1v) is 23.0. The Balaban J connectivity index is 1.05. The van der Waals surface area contributed by atoms with Gasteiger partial charge >= 0.3 is 17.9 Å². The third-order valence-corrected chi connectivity index (χ3v) is 13.5. The van der Waals surface area contributed by atoms with E-state index in [0.29, 0.717) is 53.0 Å². The van der Waals surface area contributed by atoms with Crippen LogP contribution >= 0.6 is 54.5 Å². The van der Waals surface area contributed by atoms with Gasteiger partial charge < -0.3 is 33.8 Å². The lowest BCUT2D eigenvalue weighted by molar-refractivity contribution is -0.151. The molecule has 0 saturated carbocycles. The molecular formula is C42H36Br2F2N8O8S2. The molecule has 2 saturated heterocycles. The Kier molecular flexibility index (Phi) is 13.2. The number of fused-ring (bicyclic) bond motifs is 2. The molecule has 2 amide bonds. The highest BCUT2D eigenvalue weighted by molar-refractivity contribution is 9.10. The van der Waals surface area contributed by atoms with Crippen molar-refractivity contribution in [2.45, 2.75) is 32.5 Å². The van der Waals surface area contributed by atoms with Crippen LogP contribution in [0.1, 0.15) is 52.8 Å². The molecule has 22 heteroatoms. The van der Waals surface area contributed by atoms with Crippen molar-refractivity contribution in [3.63, 3.8) is 0 Å². The monoisotopic (exact) mass is 1040 g/mol.